The Morgan fingerprint density at radius 3 is 2.60 bits per heavy atom. The molecule has 134 valence electrons. The Labute approximate surface area is 163 Å². The number of hydrogen-bond donors (Lipinski definition) is 1. The number of ether oxygens (including phenoxy) is 3. The monoisotopic (exact) mass is 453 g/mol. The second-order valence-corrected chi connectivity index (χ2v) is 7.31. The molecule has 0 bridgehead atoms. The Morgan fingerprint density at radius 1 is 1.12 bits per heavy atom. The highest BCUT2D eigenvalue weighted by Crippen LogP contribution is 2.34. The normalized spacial score (nSPS) is 15.1. The summed E-state index contributed by atoms with van der Waals surface area (Å²) in [7, 11) is 1.69. The summed E-state index contributed by atoms with van der Waals surface area (Å²) in [5.41, 5.74) is 2.35. The first kappa shape index (κ1) is 18.5. The van der Waals surface area contributed by atoms with Crippen LogP contribution in [0.4, 0.5) is 0 Å². The van der Waals surface area contributed by atoms with Gasteiger partial charge >= 0.3 is 0 Å². The summed E-state index contributed by atoms with van der Waals surface area (Å²) in [6.07, 6.45) is 2.15. The molecule has 0 saturated carbocycles. The number of rotatable bonds is 7. The third-order valence-electron chi connectivity index (χ3n) is 4.33. The van der Waals surface area contributed by atoms with Crippen LogP contribution in [0.2, 0.25) is 0 Å². The summed E-state index contributed by atoms with van der Waals surface area (Å²) in [5.74, 6) is 1.59. The van der Waals surface area contributed by atoms with E-state index in [-0.39, 0.29) is 0 Å². The second-order valence-electron chi connectivity index (χ2n) is 6.15. The van der Waals surface area contributed by atoms with Crippen LogP contribution in [0.3, 0.4) is 0 Å². The zero-order chi connectivity index (χ0) is 17.5. The number of methoxy groups -OCH3 is 1. The number of halogens is 1. The van der Waals surface area contributed by atoms with Crippen molar-refractivity contribution in [2.45, 2.75) is 32.0 Å². The molecular weight excluding hydrogens is 429 g/mol. The lowest BCUT2D eigenvalue weighted by Gasteiger charge is -2.23. The number of benzene rings is 2. The van der Waals surface area contributed by atoms with Gasteiger partial charge in [0.05, 0.1) is 10.7 Å². The summed E-state index contributed by atoms with van der Waals surface area (Å²) < 4.78 is 18.1. The Hall–Kier alpha value is -1.31. The van der Waals surface area contributed by atoms with Crippen molar-refractivity contribution in [1.82, 2.24) is 5.32 Å². The molecule has 0 unspecified atom stereocenters. The lowest BCUT2D eigenvalue weighted by atomic mass is 10.1. The highest BCUT2D eigenvalue weighted by Gasteiger charge is 2.15. The van der Waals surface area contributed by atoms with Crippen molar-refractivity contribution in [3.8, 4) is 11.5 Å². The maximum Gasteiger partial charge on any atom is 0.174 e. The fourth-order valence-corrected chi connectivity index (χ4v) is 3.73. The molecule has 1 aliphatic rings. The summed E-state index contributed by atoms with van der Waals surface area (Å²) >= 11 is 2.32. The molecule has 4 nitrogen and oxygen atoms in total. The predicted molar refractivity (Wildman–Crippen MR) is 107 cm³/mol. The van der Waals surface area contributed by atoms with Crippen LogP contribution in [0, 0.1) is 3.57 Å². The molecule has 0 aromatic heterocycles. The molecule has 25 heavy (non-hydrogen) atoms. The molecule has 5 heteroatoms. The van der Waals surface area contributed by atoms with Crippen LogP contribution in [-0.4, -0.2) is 26.4 Å². The van der Waals surface area contributed by atoms with Crippen molar-refractivity contribution in [3.63, 3.8) is 0 Å². The lowest BCUT2D eigenvalue weighted by Crippen LogP contribution is -2.34. The molecule has 0 radical (unpaired) electrons. The molecule has 0 aliphatic carbocycles. The third-order valence-corrected chi connectivity index (χ3v) is 5.13. The van der Waals surface area contributed by atoms with Crippen LogP contribution < -0.4 is 14.8 Å². The van der Waals surface area contributed by atoms with Crippen LogP contribution >= 0.6 is 22.6 Å². The number of hydrogen-bond acceptors (Lipinski definition) is 4. The van der Waals surface area contributed by atoms with E-state index < -0.39 is 0 Å². The van der Waals surface area contributed by atoms with Crippen molar-refractivity contribution in [2.75, 3.05) is 20.3 Å². The van der Waals surface area contributed by atoms with Gasteiger partial charge in [-0.3, -0.25) is 0 Å². The summed E-state index contributed by atoms with van der Waals surface area (Å²) in [6.45, 7) is 3.07. The van der Waals surface area contributed by atoms with Crippen LogP contribution in [0.1, 0.15) is 24.0 Å². The fourth-order valence-electron chi connectivity index (χ4n) is 2.91. The molecule has 0 atom stereocenters. The minimum Gasteiger partial charge on any atom is -0.493 e. The quantitative estimate of drug-likeness (QED) is 0.640. The SMILES string of the molecule is COc1cc(CNC2CCOCC2)cc(I)c1OCc1ccccc1. The second kappa shape index (κ2) is 9.40. The Morgan fingerprint density at radius 2 is 1.88 bits per heavy atom. The molecule has 3 rings (SSSR count). The van der Waals surface area contributed by atoms with Gasteiger partial charge in [-0.25, -0.2) is 0 Å². The predicted octanol–water partition coefficient (Wildman–Crippen LogP) is 4.15. The minimum atomic E-state index is 0.534. The van der Waals surface area contributed by atoms with Gasteiger partial charge in [0.15, 0.2) is 11.5 Å². The standard InChI is InChI=1S/C20H24INO3/c1-23-19-12-16(13-22-17-7-9-24-10-8-17)11-18(21)20(19)25-14-15-5-3-2-4-6-15/h2-6,11-12,17,22H,7-10,13-14H2,1H3. The first-order valence-electron chi connectivity index (χ1n) is 8.60. The highest BCUT2D eigenvalue weighted by atomic mass is 127. The fraction of sp³-hybridized carbons (Fsp3) is 0.400. The smallest absolute Gasteiger partial charge is 0.174 e. The largest absolute Gasteiger partial charge is 0.493 e. The molecule has 2 aromatic carbocycles. The van der Waals surface area contributed by atoms with E-state index in [0.29, 0.717) is 12.6 Å². The molecule has 1 heterocycles. The molecule has 2 aromatic rings. The van der Waals surface area contributed by atoms with E-state index in [1.807, 2.05) is 18.2 Å². The topological polar surface area (TPSA) is 39.7 Å². The molecule has 0 spiro atoms. The average Bonchev–Trinajstić information content (AvgIpc) is 2.66. The van der Waals surface area contributed by atoms with Crippen molar-refractivity contribution >= 4 is 22.6 Å². The molecule has 1 aliphatic heterocycles. The summed E-state index contributed by atoms with van der Waals surface area (Å²) in [4.78, 5) is 0. The minimum absolute atomic E-state index is 0.534. The molecule has 1 fully saturated rings. The van der Waals surface area contributed by atoms with Crippen molar-refractivity contribution < 1.29 is 14.2 Å². The first-order chi connectivity index (χ1) is 12.3. The molecule has 1 saturated heterocycles. The molecule has 0 amide bonds. The highest BCUT2D eigenvalue weighted by molar-refractivity contribution is 14.1. The van der Waals surface area contributed by atoms with Gasteiger partial charge in [0.1, 0.15) is 6.61 Å². The molecule has 1 N–H and O–H groups in total. The van der Waals surface area contributed by atoms with Crippen LogP contribution in [0.25, 0.3) is 0 Å². The van der Waals surface area contributed by atoms with Crippen molar-refractivity contribution in [1.29, 1.82) is 0 Å². The van der Waals surface area contributed by atoms with E-state index in [1.165, 1.54) is 5.56 Å². The zero-order valence-corrected chi connectivity index (χ0v) is 16.6. The van der Waals surface area contributed by atoms with Crippen LogP contribution in [0.5, 0.6) is 11.5 Å². The zero-order valence-electron chi connectivity index (χ0n) is 14.5. The van der Waals surface area contributed by atoms with Gasteiger partial charge in [0.2, 0.25) is 0 Å². The van der Waals surface area contributed by atoms with Gasteiger partial charge in [-0.2, -0.15) is 0 Å². The van der Waals surface area contributed by atoms with Gasteiger partial charge in [-0.05, 0) is 58.7 Å². The van der Waals surface area contributed by atoms with Crippen LogP contribution in [-0.2, 0) is 17.9 Å². The lowest BCUT2D eigenvalue weighted by molar-refractivity contribution is 0.0776. The number of nitrogens with one attached hydrogen (secondary N) is 1. The van der Waals surface area contributed by atoms with Gasteiger partial charge in [0.25, 0.3) is 0 Å². The van der Waals surface area contributed by atoms with Crippen LogP contribution in [0.15, 0.2) is 42.5 Å². The Balaban J connectivity index is 1.65. The summed E-state index contributed by atoms with van der Waals surface area (Å²) in [6, 6.07) is 14.9. The average molecular weight is 453 g/mol. The maximum absolute atomic E-state index is 6.02. The van der Waals surface area contributed by atoms with Gasteiger partial charge in [-0.1, -0.05) is 30.3 Å². The van der Waals surface area contributed by atoms with Gasteiger partial charge in [0, 0.05) is 25.8 Å². The first-order valence-corrected chi connectivity index (χ1v) is 9.68. The van der Waals surface area contributed by atoms with Crippen molar-refractivity contribution in [2.24, 2.45) is 0 Å². The van der Waals surface area contributed by atoms with E-state index in [9.17, 15) is 0 Å². The van der Waals surface area contributed by atoms with E-state index in [0.717, 1.165) is 53.2 Å². The molecular formula is C20H24INO3. The Bertz CT molecular complexity index is 672. The third kappa shape index (κ3) is 5.33. The van der Waals surface area contributed by atoms with Gasteiger partial charge in [-0.15, -0.1) is 0 Å². The Kier molecular flexibility index (Phi) is 6.95. The van der Waals surface area contributed by atoms with Crippen molar-refractivity contribution in [3.05, 3.63) is 57.2 Å². The van der Waals surface area contributed by atoms with E-state index in [1.54, 1.807) is 7.11 Å². The summed E-state index contributed by atoms with van der Waals surface area (Å²) in [5, 5.41) is 3.61. The maximum atomic E-state index is 6.02. The van der Waals surface area contributed by atoms with E-state index in [2.05, 4.69) is 52.2 Å². The van der Waals surface area contributed by atoms with Gasteiger partial charge < -0.3 is 19.5 Å². The van der Waals surface area contributed by atoms with E-state index in [4.69, 9.17) is 14.2 Å². The van der Waals surface area contributed by atoms with E-state index >= 15 is 0 Å².